The molecule has 1 unspecified atom stereocenters. The Bertz CT molecular complexity index is 612. The van der Waals surface area contributed by atoms with E-state index in [1.54, 1.807) is 11.9 Å². The van der Waals surface area contributed by atoms with Crippen molar-refractivity contribution < 1.29 is 9.47 Å². The van der Waals surface area contributed by atoms with Crippen LogP contribution in [-0.4, -0.2) is 68.3 Å². The number of methoxy groups -OCH3 is 1. The lowest BCUT2D eigenvalue weighted by molar-refractivity contribution is -0.0374. The van der Waals surface area contributed by atoms with Gasteiger partial charge < -0.3 is 9.47 Å². The number of rotatable bonds is 7. The van der Waals surface area contributed by atoms with Gasteiger partial charge in [0.05, 0.1) is 26.0 Å². The maximum atomic E-state index is 5.80. The first-order valence-corrected chi connectivity index (χ1v) is 7.90. The maximum absolute atomic E-state index is 5.80. The van der Waals surface area contributed by atoms with Gasteiger partial charge in [0.15, 0.2) is 0 Å². The van der Waals surface area contributed by atoms with Crippen LogP contribution in [0, 0.1) is 0 Å². The molecule has 2 aromatic rings. The van der Waals surface area contributed by atoms with Gasteiger partial charge in [-0.2, -0.15) is 9.90 Å². The molecule has 0 radical (unpaired) electrons. The molecular weight excluding hydrogens is 298 g/mol. The zero-order valence-corrected chi connectivity index (χ0v) is 13.6. The molecule has 9 nitrogen and oxygen atoms in total. The van der Waals surface area contributed by atoms with Crippen LogP contribution in [0.2, 0.25) is 0 Å². The van der Waals surface area contributed by atoms with Gasteiger partial charge >= 0.3 is 0 Å². The summed E-state index contributed by atoms with van der Waals surface area (Å²) in [5.41, 5.74) is 1.21. The van der Waals surface area contributed by atoms with E-state index in [0.717, 1.165) is 26.2 Å². The summed E-state index contributed by atoms with van der Waals surface area (Å²) in [5.74, 6) is 0.634. The highest BCUT2D eigenvalue weighted by atomic mass is 16.5. The molecule has 0 amide bonds. The summed E-state index contributed by atoms with van der Waals surface area (Å²) in [7, 11) is 1.65. The van der Waals surface area contributed by atoms with Crippen molar-refractivity contribution in [2.45, 2.75) is 32.7 Å². The fourth-order valence-electron chi connectivity index (χ4n) is 2.57. The molecule has 1 atom stereocenters. The highest BCUT2D eigenvalue weighted by Gasteiger charge is 2.26. The molecule has 23 heavy (non-hydrogen) atoms. The van der Waals surface area contributed by atoms with Gasteiger partial charge in [0.1, 0.15) is 6.10 Å². The van der Waals surface area contributed by atoms with Crippen LogP contribution < -0.4 is 0 Å². The summed E-state index contributed by atoms with van der Waals surface area (Å²) in [5, 5.41) is 16.8. The fourth-order valence-corrected chi connectivity index (χ4v) is 2.57. The Morgan fingerprint density at radius 2 is 2.35 bits per heavy atom. The van der Waals surface area contributed by atoms with Crippen molar-refractivity contribution in [3.8, 4) is 0 Å². The Balaban J connectivity index is 1.58. The summed E-state index contributed by atoms with van der Waals surface area (Å²) < 4.78 is 12.8. The van der Waals surface area contributed by atoms with E-state index in [1.165, 1.54) is 5.56 Å². The van der Waals surface area contributed by atoms with Crippen LogP contribution in [0.15, 0.2) is 12.4 Å². The number of nitrogens with zero attached hydrogens (tertiary/aromatic N) is 7. The lowest BCUT2D eigenvalue weighted by atomic mass is 10.2. The number of ether oxygens (including phenoxy) is 2. The summed E-state index contributed by atoms with van der Waals surface area (Å²) in [6, 6.07) is 0. The average Bonchev–Trinajstić information content (AvgIpc) is 3.22. The first-order valence-electron chi connectivity index (χ1n) is 7.90. The van der Waals surface area contributed by atoms with E-state index in [4.69, 9.17) is 9.47 Å². The molecule has 1 fully saturated rings. The van der Waals surface area contributed by atoms with E-state index in [0.29, 0.717) is 25.6 Å². The van der Waals surface area contributed by atoms with Crippen LogP contribution in [0.1, 0.15) is 24.4 Å². The Kier molecular flexibility index (Phi) is 5.31. The van der Waals surface area contributed by atoms with Crippen molar-refractivity contribution in [2.24, 2.45) is 0 Å². The molecule has 0 spiro atoms. The third kappa shape index (κ3) is 4.12. The van der Waals surface area contributed by atoms with Crippen LogP contribution >= 0.6 is 0 Å². The predicted octanol–water partition coefficient (Wildman–Crippen LogP) is 0.109. The lowest BCUT2D eigenvalue weighted by Gasteiger charge is -2.30. The van der Waals surface area contributed by atoms with Gasteiger partial charge in [-0.3, -0.25) is 9.58 Å². The minimum Gasteiger partial charge on any atom is -0.383 e. The molecule has 9 heteroatoms. The van der Waals surface area contributed by atoms with Crippen LogP contribution in [0.3, 0.4) is 0 Å². The van der Waals surface area contributed by atoms with Gasteiger partial charge in [-0.05, 0) is 12.1 Å². The van der Waals surface area contributed by atoms with E-state index in [2.05, 4.69) is 38.5 Å². The first-order chi connectivity index (χ1) is 11.3. The predicted molar refractivity (Wildman–Crippen MR) is 81.6 cm³/mol. The Hall–Kier alpha value is -1.84. The van der Waals surface area contributed by atoms with E-state index < -0.39 is 0 Å². The molecule has 0 bridgehead atoms. The van der Waals surface area contributed by atoms with Crippen LogP contribution in [-0.2, 0) is 29.1 Å². The van der Waals surface area contributed by atoms with Crippen LogP contribution in [0.4, 0.5) is 0 Å². The molecule has 0 aliphatic carbocycles. The summed E-state index contributed by atoms with van der Waals surface area (Å²) in [6.45, 7) is 7.31. The monoisotopic (exact) mass is 321 g/mol. The molecule has 1 aliphatic heterocycles. The van der Waals surface area contributed by atoms with Crippen molar-refractivity contribution >= 4 is 0 Å². The van der Waals surface area contributed by atoms with Gasteiger partial charge in [-0.1, -0.05) is 0 Å². The van der Waals surface area contributed by atoms with Gasteiger partial charge in [0, 0.05) is 45.0 Å². The summed E-state index contributed by atoms with van der Waals surface area (Å²) in [4.78, 5) is 3.88. The molecule has 126 valence electrons. The van der Waals surface area contributed by atoms with E-state index in [1.807, 2.05) is 10.9 Å². The molecular formula is C14H23N7O2. The number of hydrogen-bond acceptors (Lipinski definition) is 7. The molecule has 0 saturated carbocycles. The third-order valence-corrected chi connectivity index (χ3v) is 3.82. The van der Waals surface area contributed by atoms with E-state index in [-0.39, 0.29) is 6.10 Å². The second kappa shape index (κ2) is 7.62. The zero-order valence-electron chi connectivity index (χ0n) is 13.6. The molecule has 0 N–H and O–H groups in total. The van der Waals surface area contributed by atoms with Gasteiger partial charge in [0.2, 0.25) is 5.82 Å². The third-order valence-electron chi connectivity index (χ3n) is 3.82. The number of morpholine rings is 1. The maximum Gasteiger partial charge on any atom is 0.204 e. The molecule has 3 rings (SSSR count). The van der Waals surface area contributed by atoms with Crippen LogP contribution in [0.25, 0.3) is 0 Å². The Morgan fingerprint density at radius 1 is 1.43 bits per heavy atom. The second-order valence-corrected chi connectivity index (χ2v) is 5.54. The number of hydrogen-bond donors (Lipinski definition) is 0. The Labute approximate surface area is 135 Å². The SMILES string of the molecule is CCn1cc(CN2CCOC(c3nnn(CCOC)n3)C2)cn1. The van der Waals surface area contributed by atoms with Crippen molar-refractivity contribution in [3.05, 3.63) is 23.8 Å². The van der Waals surface area contributed by atoms with Crippen LogP contribution in [0.5, 0.6) is 0 Å². The fraction of sp³-hybridized carbons (Fsp3) is 0.714. The molecule has 3 heterocycles. The standard InChI is InChI=1S/C14H23N7O2/c1-3-20-10-12(8-15-20)9-19-4-7-23-13(11-19)14-16-18-21(17-14)5-6-22-2/h8,10,13H,3-7,9,11H2,1-2H3. The minimum atomic E-state index is -0.138. The largest absolute Gasteiger partial charge is 0.383 e. The van der Waals surface area contributed by atoms with Gasteiger partial charge in [-0.15, -0.1) is 10.2 Å². The quantitative estimate of drug-likeness (QED) is 0.715. The van der Waals surface area contributed by atoms with E-state index in [9.17, 15) is 0 Å². The van der Waals surface area contributed by atoms with Crippen molar-refractivity contribution in [1.82, 2.24) is 34.9 Å². The topological polar surface area (TPSA) is 83.1 Å². The molecule has 0 aromatic carbocycles. The molecule has 1 saturated heterocycles. The van der Waals surface area contributed by atoms with E-state index >= 15 is 0 Å². The summed E-state index contributed by atoms with van der Waals surface area (Å²) in [6.07, 6.45) is 3.87. The number of tetrazole rings is 1. The summed E-state index contributed by atoms with van der Waals surface area (Å²) >= 11 is 0. The zero-order chi connectivity index (χ0) is 16.1. The van der Waals surface area contributed by atoms with Crippen molar-refractivity contribution in [1.29, 1.82) is 0 Å². The minimum absolute atomic E-state index is 0.138. The first kappa shape index (κ1) is 16.0. The molecule has 2 aromatic heterocycles. The van der Waals surface area contributed by atoms with Crippen molar-refractivity contribution in [2.75, 3.05) is 33.4 Å². The van der Waals surface area contributed by atoms with Gasteiger partial charge in [0.25, 0.3) is 0 Å². The average molecular weight is 321 g/mol. The highest BCUT2D eigenvalue weighted by Crippen LogP contribution is 2.19. The highest BCUT2D eigenvalue weighted by molar-refractivity contribution is 5.04. The van der Waals surface area contributed by atoms with Crippen molar-refractivity contribution in [3.63, 3.8) is 0 Å². The van der Waals surface area contributed by atoms with Gasteiger partial charge in [-0.25, -0.2) is 0 Å². The second-order valence-electron chi connectivity index (χ2n) is 5.54. The normalized spacial score (nSPS) is 19.3. The Morgan fingerprint density at radius 3 is 3.13 bits per heavy atom. The number of aromatic nitrogens is 6. The number of aryl methyl sites for hydroxylation is 1. The molecule has 1 aliphatic rings. The smallest absolute Gasteiger partial charge is 0.204 e. The lowest BCUT2D eigenvalue weighted by Crippen LogP contribution is -2.38.